The zero-order valence-corrected chi connectivity index (χ0v) is 15.9. The highest BCUT2D eigenvalue weighted by Crippen LogP contribution is 2.17. The molecule has 1 heterocycles. The van der Waals surface area contributed by atoms with Gasteiger partial charge in [0.2, 0.25) is 5.91 Å². The van der Waals surface area contributed by atoms with Crippen LogP contribution in [0.4, 0.5) is 11.5 Å². The molecule has 0 fully saturated rings. The number of anilines is 2. The van der Waals surface area contributed by atoms with Crippen LogP contribution in [-0.4, -0.2) is 17.4 Å². The van der Waals surface area contributed by atoms with E-state index in [1.807, 2.05) is 61.5 Å². The number of rotatable bonds is 7. The number of pyridine rings is 1. The molecule has 0 saturated carbocycles. The van der Waals surface area contributed by atoms with Gasteiger partial charge in [0.25, 0.3) is 0 Å². The van der Waals surface area contributed by atoms with Gasteiger partial charge >= 0.3 is 0 Å². The number of aryl methyl sites for hydroxylation is 1. The van der Waals surface area contributed by atoms with Crippen molar-refractivity contribution in [3.05, 3.63) is 89.6 Å². The summed E-state index contributed by atoms with van der Waals surface area (Å²) in [6.07, 6.45) is 2.08. The first kappa shape index (κ1) is 18.6. The van der Waals surface area contributed by atoms with Gasteiger partial charge in [0.05, 0.1) is 18.3 Å². The molecule has 138 valence electrons. The zero-order chi connectivity index (χ0) is 19.1. The molecular weight excluding hydrogens is 334 g/mol. The first-order valence-corrected chi connectivity index (χ1v) is 9.24. The third-order valence-electron chi connectivity index (χ3n) is 4.40. The smallest absolute Gasteiger partial charge is 0.228 e. The second kappa shape index (κ2) is 8.99. The van der Waals surface area contributed by atoms with Crippen LogP contribution in [0.2, 0.25) is 0 Å². The number of aromatic nitrogens is 1. The molecule has 0 saturated heterocycles. The van der Waals surface area contributed by atoms with Crippen molar-refractivity contribution >= 4 is 17.4 Å². The van der Waals surface area contributed by atoms with Crippen LogP contribution in [0.1, 0.15) is 23.6 Å². The molecule has 0 aliphatic rings. The van der Waals surface area contributed by atoms with Gasteiger partial charge in [-0.1, -0.05) is 60.2 Å². The predicted octanol–water partition coefficient (Wildman–Crippen LogP) is 4.60. The Morgan fingerprint density at radius 2 is 1.78 bits per heavy atom. The fraction of sp³-hybridized carbons (Fsp3) is 0.217. The molecule has 2 aromatic carbocycles. The van der Waals surface area contributed by atoms with Gasteiger partial charge in [-0.3, -0.25) is 4.79 Å². The number of benzene rings is 2. The van der Waals surface area contributed by atoms with Crippen molar-refractivity contribution in [2.24, 2.45) is 0 Å². The molecule has 0 atom stereocenters. The zero-order valence-electron chi connectivity index (χ0n) is 15.9. The molecule has 0 radical (unpaired) electrons. The van der Waals surface area contributed by atoms with Crippen LogP contribution in [0.15, 0.2) is 72.9 Å². The Balaban J connectivity index is 1.61. The summed E-state index contributed by atoms with van der Waals surface area (Å²) in [6, 6.07) is 22.2. The normalized spacial score (nSPS) is 10.4. The van der Waals surface area contributed by atoms with Crippen LogP contribution >= 0.6 is 0 Å². The Bertz CT molecular complexity index is 876. The molecule has 0 aliphatic carbocycles. The molecule has 27 heavy (non-hydrogen) atoms. The topological polar surface area (TPSA) is 45.2 Å². The monoisotopic (exact) mass is 359 g/mol. The van der Waals surface area contributed by atoms with Gasteiger partial charge in [-0.25, -0.2) is 4.98 Å². The van der Waals surface area contributed by atoms with Gasteiger partial charge in [-0.05, 0) is 37.1 Å². The highest BCUT2D eigenvalue weighted by Gasteiger charge is 2.08. The van der Waals surface area contributed by atoms with Crippen LogP contribution < -0.4 is 10.2 Å². The lowest BCUT2D eigenvalue weighted by atomic mass is 10.1. The lowest BCUT2D eigenvalue weighted by Gasteiger charge is -2.22. The largest absolute Gasteiger partial charge is 0.353 e. The summed E-state index contributed by atoms with van der Waals surface area (Å²) in [5.41, 5.74) is 4.13. The van der Waals surface area contributed by atoms with E-state index in [9.17, 15) is 4.79 Å². The summed E-state index contributed by atoms with van der Waals surface area (Å²) in [4.78, 5) is 19.0. The third-order valence-corrected chi connectivity index (χ3v) is 4.40. The molecule has 1 amide bonds. The van der Waals surface area contributed by atoms with Crippen molar-refractivity contribution in [2.75, 3.05) is 16.8 Å². The number of nitrogens with one attached hydrogen (secondary N) is 1. The fourth-order valence-corrected chi connectivity index (χ4v) is 3.02. The molecule has 4 heteroatoms. The number of hydrogen-bond donors (Lipinski definition) is 1. The maximum Gasteiger partial charge on any atom is 0.228 e. The predicted molar refractivity (Wildman–Crippen MR) is 111 cm³/mol. The minimum Gasteiger partial charge on any atom is -0.353 e. The quantitative estimate of drug-likeness (QED) is 0.671. The lowest BCUT2D eigenvalue weighted by molar-refractivity contribution is -0.115. The summed E-state index contributed by atoms with van der Waals surface area (Å²) in [6.45, 7) is 5.81. The summed E-state index contributed by atoms with van der Waals surface area (Å²) in [5, 5.41) is 2.92. The Hall–Kier alpha value is -3.14. The average molecular weight is 359 g/mol. The molecule has 0 spiro atoms. The number of hydrogen-bond acceptors (Lipinski definition) is 3. The van der Waals surface area contributed by atoms with Crippen molar-refractivity contribution in [1.29, 1.82) is 0 Å². The first-order chi connectivity index (χ1) is 13.1. The number of amides is 1. The molecule has 1 N–H and O–H groups in total. The molecule has 4 nitrogen and oxygen atoms in total. The van der Waals surface area contributed by atoms with E-state index >= 15 is 0 Å². The van der Waals surface area contributed by atoms with Gasteiger partial charge in [0, 0.05) is 13.1 Å². The van der Waals surface area contributed by atoms with Crippen molar-refractivity contribution in [3.63, 3.8) is 0 Å². The van der Waals surface area contributed by atoms with Crippen LogP contribution in [-0.2, 0) is 17.8 Å². The minimum atomic E-state index is -0.0354. The van der Waals surface area contributed by atoms with E-state index in [0.717, 1.165) is 30.0 Å². The Labute approximate surface area is 160 Å². The van der Waals surface area contributed by atoms with E-state index in [2.05, 4.69) is 34.3 Å². The second-order valence-corrected chi connectivity index (χ2v) is 6.62. The van der Waals surface area contributed by atoms with Gasteiger partial charge < -0.3 is 10.2 Å². The third kappa shape index (κ3) is 5.42. The maximum atomic E-state index is 12.3. The first-order valence-electron chi connectivity index (χ1n) is 9.24. The van der Waals surface area contributed by atoms with Gasteiger partial charge in [-0.15, -0.1) is 0 Å². The summed E-state index contributed by atoms with van der Waals surface area (Å²) in [7, 11) is 0. The van der Waals surface area contributed by atoms with Crippen molar-refractivity contribution in [2.45, 2.75) is 26.8 Å². The highest BCUT2D eigenvalue weighted by molar-refractivity contribution is 5.92. The summed E-state index contributed by atoms with van der Waals surface area (Å²) >= 11 is 0. The SMILES string of the molecule is CCN(Cc1ccccc1)c1ccc(NC(=O)Cc2cccc(C)c2)cn1. The lowest BCUT2D eigenvalue weighted by Crippen LogP contribution is -2.23. The summed E-state index contributed by atoms with van der Waals surface area (Å²) < 4.78 is 0. The average Bonchev–Trinajstić information content (AvgIpc) is 2.67. The Morgan fingerprint density at radius 3 is 2.44 bits per heavy atom. The van der Waals surface area contributed by atoms with E-state index < -0.39 is 0 Å². The number of nitrogens with zero attached hydrogens (tertiary/aromatic N) is 2. The van der Waals surface area contributed by atoms with Crippen molar-refractivity contribution in [3.8, 4) is 0 Å². The van der Waals surface area contributed by atoms with E-state index in [-0.39, 0.29) is 5.91 Å². The molecule has 0 bridgehead atoms. The summed E-state index contributed by atoms with van der Waals surface area (Å²) in [5.74, 6) is 0.866. The van der Waals surface area contributed by atoms with Gasteiger partial charge in [0.15, 0.2) is 0 Å². The van der Waals surface area contributed by atoms with Crippen molar-refractivity contribution < 1.29 is 4.79 Å². The van der Waals surface area contributed by atoms with E-state index in [4.69, 9.17) is 0 Å². The molecular formula is C23H25N3O. The van der Waals surface area contributed by atoms with E-state index in [1.165, 1.54) is 5.56 Å². The van der Waals surface area contributed by atoms with Gasteiger partial charge in [0.1, 0.15) is 5.82 Å². The molecule has 3 rings (SSSR count). The van der Waals surface area contributed by atoms with E-state index in [0.29, 0.717) is 12.1 Å². The van der Waals surface area contributed by atoms with Crippen LogP contribution in [0.5, 0.6) is 0 Å². The Morgan fingerprint density at radius 1 is 1.00 bits per heavy atom. The van der Waals surface area contributed by atoms with Gasteiger partial charge in [-0.2, -0.15) is 0 Å². The van der Waals surface area contributed by atoms with Crippen molar-refractivity contribution in [1.82, 2.24) is 4.98 Å². The van der Waals surface area contributed by atoms with Crippen LogP contribution in [0, 0.1) is 6.92 Å². The molecule has 0 aliphatic heterocycles. The number of carbonyl (C=O) groups is 1. The standard InChI is InChI=1S/C23H25N3O/c1-3-26(17-19-9-5-4-6-10-19)22-13-12-21(16-24-22)25-23(27)15-20-11-7-8-18(2)14-20/h4-14,16H,3,15,17H2,1-2H3,(H,25,27). The minimum absolute atomic E-state index is 0.0354. The second-order valence-electron chi connectivity index (χ2n) is 6.62. The number of carbonyl (C=O) groups excluding carboxylic acids is 1. The molecule has 0 unspecified atom stereocenters. The fourth-order valence-electron chi connectivity index (χ4n) is 3.02. The van der Waals surface area contributed by atoms with Crippen LogP contribution in [0.3, 0.4) is 0 Å². The van der Waals surface area contributed by atoms with E-state index in [1.54, 1.807) is 6.20 Å². The molecule has 3 aromatic rings. The Kier molecular flexibility index (Phi) is 6.21. The molecule has 1 aromatic heterocycles. The highest BCUT2D eigenvalue weighted by atomic mass is 16.1. The van der Waals surface area contributed by atoms with Crippen LogP contribution in [0.25, 0.3) is 0 Å². The maximum absolute atomic E-state index is 12.3.